The van der Waals surface area contributed by atoms with Crippen LogP contribution in [0.3, 0.4) is 0 Å². The molecular weight excluding hydrogens is 416 g/mol. The van der Waals surface area contributed by atoms with E-state index in [0.29, 0.717) is 34.3 Å². The van der Waals surface area contributed by atoms with E-state index in [-0.39, 0.29) is 24.7 Å². The second-order valence-corrected chi connectivity index (χ2v) is 7.82. The molecule has 0 unspecified atom stereocenters. The molecule has 7 nitrogen and oxygen atoms in total. The number of amides is 2. The molecule has 31 heavy (non-hydrogen) atoms. The predicted molar refractivity (Wildman–Crippen MR) is 122 cm³/mol. The Morgan fingerprint density at radius 2 is 1.81 bits per heavy atom. The lowest BCUT2D eigenvalue weighted by atomic mass is 10.1. The first kappa shape index (κ1) is 24.4. The highest BCUT2D eigenvalue weighted by Crippen LogP contribution is 2.34. The maximum absolute atomic E-state index is 12.9. The average Bonchev–Trinajstić information content (AvgIpc) is 3.09. The molecule has 2 amide bonds. The summed E-state index contributed by atoms with van der Waals surface area (Å²) in [7, 11) is 0. The van der Waals surface area contributed by atoms with E-state index in [4.69, 9.17) is 9.47 Å². The van der Waals surface area contributed by atoms with Crippen LogP contribution in [0, 0.1) is 6.92 Å². The fourth-order valence-electron chi connectivity index (χ4n) is 3.08. The molecule has 0 fully saturated rings. The molecule has 1 N–H and O–H groups in total. The summed E-state index contributed by atoms with van der Waals surface area (Å²) in [5.74, 6) is -0.566. The minimum absolute atomic E-state index is 0.175. The van der Waals surface area contributed by atoms with E-state index in [2.05, 4.69) is 5.32 Å². The van der Waals surface area contributed by atoms with Crippen molar-refractivity contribution in [3.8, 4) is 5.75 Å². The monoisotopic (exact) mass is 446 g/mol. The average molecular weight is 447 g/mol. The summed E-state index contributed by atoms with van der Waals surface area (Å²) in [5.41, 5.74) is 1.83. The number of aryl methyl sites for hydroxylation is 1. The highest BCUT2D eigenvalue weighted by Gasteiger charge is 2.28. The Kier molecular flexibility index (Phi) is 9.05. The number of thiophene rings is 1. The second kappa shape index (κ2) is 11.5. The van der Waals surface area contributed by atoms with Crippen LogP contribution in [-0.4, -0.2) is 49.0 Å². The number of hydrogen-bond acceptors (Lipinski definition) is 6. The van der Waals surface area contributed by atoms with E-state index in [1.54, 1.807) is 24.8 Å². The van der Waals surface area contributed by atoms with Crippen molar-refractivity contribution in [2.24, 2.45) is 0 Å². The molecule has 0 aliphatic rings. The van der Waals surface area contributed by atoms with Gasteiger partial charge in [0.15, 0.2) is 6.61 Å². The van der Waals surface area contributed by atoms with Gasteiger partial charge in [-0.25, -0.2) is 4.79 Å². The Balaban J connectivity index is 2.24. The van der Waals surface area contributed by atoms with Gasteiger partial charge < -0.3 is 19.7 Å². The molecule has 0 saturated heterocycles. The van der Waals surface area contributed by atoms with E-state index in [9.17, 15) is 14.4 Å². The zero-order valence-electron chi connectivity index (χ0n) is 18.7. The van der Waals surface area contributed by atoms with Gasteiger partial charge in [-0.15, -0.1) is 11.3 Å². The van der Waals surface area contributed by atoms with E-state index in [0.717, 1.165) is 23.3 Å². The van der Waals surface area contributed by atoms with Crippen LogP contribution in [0.2, 0.25) is 0 Å². The molecular formula is C23H30N2O5S. The van der Waals surface area contributed by atoms with Crippen LogP contribution in [0.25, 0.3) is 0 Å². The topological polar surface area (TPSA) is 84.9 Å². The minimum Gasteiger partial charge on any atom is -0.484 e. The third-order valence-electron chi connectivity index (χ3n) is 4.80. The Morgan fingerprint density at radius 1 is 1.10 bits per heavy atom. The zero-order valence-corrected chi connectivity index (χ0v) is 19.6. The number of ether oxygens (including phenoxy) is 2. The van der Waals surface area contributed by atoms with Crippen molar-refractivity contribution < 1.29 is 23.9 Å². The summed E-state index contributed by atoms with van der Waals surface area (Å²) < 4.78 is 10.7. The van der Waals surface area contributed by atoms with Crippen molar-refractivity contribution in [1.29, 1.82) is 0 Å². The maximum atomic E-state index is 12.9. The number of esters is 1. The normalized spacial score (nSPS) is 10.5. The molecule has 0 aliphatic heterocycles. The summed E-state index contributed by atoms with van der Waals surface area (Å²) >= 11 is 1.08. The maximum Gasteiger partial charge on any atom is 0.341 e. The fourth-order valence-corrected chi connectivity index (χ4v) is 4.25. The molecule has 1 aromatic heterocycles. The molecule has 0 spiro atoms. The number of carbonyl (C=O) groups excluding carboxylic acids is 3. The van der Waals surface area contributed by atoms with Crippen molar-refractivity contribution in [3.63, 3.8) is 0 Å². The van der Waals surface area contributed by atoms with Gasteiger partial charge in [0.05, 0.1) is 17.0 Å². The lowest BCUT2D eigenvalue weighted by molar-refractivity contribution is -0.118. The molecule has 168 valence electrons. The second-order valence-electron chi connectivity index (χ2n) is 6.80. The van der Waals surface area contributed by atoms with Crippen molar-refractivity contribution in [3.05, 3.63) is 45.8 Å². The van der Waals surface area contributed by atoms with Crippen molar-refractivity contribution in [2.45, 2.75) is 41.0 Å². The first-order valence-electron chi connectivity index (χ1n) is 10.5. The van der Waals surface area contributed by atoms with Gasteiger partial charge in [0, 0.05) is 13.1 Å². The standard InChI is InChI=1S/C23H30N2O5S/c1-6-16-11-10-12-17(13-16)30-14-18(26)24-21-19(23(28)29-9-4)15(5)20(31-21)22(27)25(7-2)8-3/h10-13H,6-9,14H2,1-5H3,(H,24,26). The van der Waals surface area contributed by atoms with E-state index in [1.807, 2.05) is 39.0 Å². The van der Waals surface area contributed by atoms with Crippen LogP contribution in [-0.2, 0) is 16.0 Å². The number of benzene rings is 1. The van der Waals surface area contributed by atoms with Crippen molar-refractivity contribution in [1.82, 2.24) is 4.90 Å². The summed E-state index contributed by atoms with van der Waals surface area (Å²) in [6, 6.07) is 7.53. The molecule has 0 saturated carbocycles. The summed E-state index contributed by atoms with van der Waals surface area (Å²) in [4.78, 5) is 40.0. The van der Waals surface area contributed by atoms with Crippen LogP contribution < -0.4 is 10.1 Å². The number of hydrogen-bond donors (Lipinski definition) is 1. The number of anilines is 1. The Bertz CT molecular complexity index is 934. The van der Waals surface area contributed by atoms with Crippen LogP contribution in [0.15, 0.2) is 24.3 Å². The van der Waals surface area contributed by atoms with Gasteiger partial charge in [-0.2, -0.15) is 0 Å². The van der Waals surface area contributed by atoms with Gasteiger partial charge >= 0.3 is 5.97 Å². The zero-order chi connectivity index (χ0) is 23.0. The lowest BCUT2D eigenvalue weighted by Crippen LogP contribution is -2.30. The Labute approximate surface area is 187 Å². The number of rotatable bonds is 10. The molecule has 1 heterocycles. The van der Waals surface area contributed by atoms with Gasteiger partial charge in [0.1, 0.15) is 10.8 Å². The quantitative estimate of drug-likeness (QED) is 0.550. The summed E-state index contributed by atoms with van der Waals surface area (Å²) in [5, 5.41) is 3.02. The summed E-state index contributed by atoms with van der Waals surface area (Å²) in [6.45, 7) is 10.3. The van der Waals surface area contributed by atoms with Gasteiger partial charge in [0.2, 0.25) is 0 Å². The summed E-state index contributed by atoms with van der Waals surface area (Å²) in [6.07, 6.45) is 0.865. The van der Waals surface area contributed by atoms with E-state index in [1.165, 1.54) is 0 Å². The molecule has 8 heteroatoms. The highest BCUT2D eigenvalue weighted by atomic mass is 32.1. The van der Waals surface area contributed by atoms with Gasteiger partial charge in [-0.1, -0.05) is 19.1 Å². The first-order chi connectivity index (χ1) is 14.9. The van der Waals surface area contributed by atoms with Crippen LogP contribution in [0.4, 0.5) is 5.00 Å². The predicted octanol–water partition coefficient (Wildman–Crippen LogP) is 4.30. The third kappa shape index (κ3) is 6.07. The number of nitrogens with one attached hydrogen (secondary N) is 1. The molecule has 0 bridgehead atoms. The SMILES string of the molecule is CCOC(=O)c1c(NC(=O)COc2cccc(CC)c2)sc(C(=O)N(CC)CC)c1C. The Morgan fingerprint density at radius 3 is 2.42 bits per heavy atom. The number of nitrogens with zero attached hydrogens (tertiary/aromatic N) is 1. The fraction of sp³-hybridized carbons (Fsp3) is 0.435. The van der Waals surface area contributed by atoms with Gasteiger partial charge in [0.25, 0.3) is 11.8 Å². The van der Waals surface area contributed by atoms with Gasteiger partial charge in [-0.3, -0.25) is 9.59 Å². The molecule has 0 atom stereocenters. The highest BCUT2D eigenvalue weighted by molar-refractivity contribution is 7.18. The molecule has 0 aliphatic carbocycles. The lowest BCUT2D eigenvalue weighted by Gasteiger charge is -2.18. The molecule has 2 aromatic rings. The largest absolute Gasteiger partial charge is 0.484 e. The smallest absolute Gasteiger partial charge is 0.341 e. The third-order valence-corrected chi connectivity index (χ3v) is 6.00. The van der Waals surface area contributed by atoms with Crippen LogP contribution in [0.1, 0.15) is 58.9 Å². The van der Waals surface area contributed by atoms with Crippen molar-refractivity contribution in [2.75, 3.05) is 31.6 Å². The molecule has 1 aromatic carbocycles. The van der Waals surface area contributed by atoms with Crippen molar-refractivity contribution >= 4 is 34.1 Å². The van der Waals surface area contributed by atoms with Crippen LogP contribution in [0.5, 0.6) is 5.75 Å². The molecule has 2 rings (SSSR count). The minimum atomic E-state index is -0.568. The Hall–Kier alpha value is -2.87. The molecule has 0 radical (unpaired) electrons. The van der Waals surface area contributed by atoms with Crippen LogP contribution >= 0.6 is 11.3 Å². The number of carbonyl (C=O) groups is 3. The van der Waals surface area contributed by atoms with Gasteiger partial charge in [-0.05, 0) is 57.4 Å². The van der Waals surface area contributed by atoms with E-state index >= 15 is 0 Å². The van der Waals surface area contributed by atoms with E-state index < -0.39 is 11.9 Å². The first-order valence-corrected chi connectivity index (χ1v) is 11.3.